The lowest BCUT2D eigenvalue weighted by Gasteiger charge is -2.35. The van der Waals surface area contributed by atoms with Gasteiger partial charge in [-0.25, -0.2) is 0 Å². The fraction of sp³-hybridized carbons (Fsp3) is 0.692. The lowest BCUT2D eigenvalue weighted by Crippen LogP contribution is -2.27. The van der Waals surface area contributed by atoms with Crippen LogP contribution in [0.15, 0.2) is 24.3 Å². The molecule has 80 valence electrons. The Morgan fingerprint density at radius 2 is 2.07 bits per heavy atom. The van der Waals surface area contributed by atoms with Gasteiger partial charge in [0.05, 0.1) is 0 Å². The second-order valence-electron chi connectivity index (χ2n) is 5.26. The number of allylic oxidation sites excluding steroid dienone is 3. The average molecular weight is 194 g/mol. The van der Waals surface area contributed by atoms with Crippen molar-refractivity contribution in [1.29, 1.82) is 0 Å². The van der Waals surface area contributed by atoms with Gasteiger partial charge in [0.15, 0.2) is 0 Å². The molecule has 0 aromatic carbocycles. The van der Waals surface area contributed by atoms with Crippen molar-refractivity contribution in [2.75, 3.05) is 6.61 Å². The molecule has 0 fully saturated rings. The summed E-state index contributed by atoms with van der Waals surface area (Å²) in [6.07, 6.45) is 10.1. The summed E-state index contributed by atoms with van der Waals surface area (Å²) < 4.78 is 0. The molecule has 0 spiro atoms. The van der Waals surface area contributed by atoms with E-state index in [1.165, 1.54) is 0 Å². The molecule has 0 aromatic heterocycles. The van der Waals surface area contributed by atoms with Crippen LogP contribution in [0.5, 0.6) is 0 Å². The molecule has 0 aromatic rings. The predicted molar refractivity (Wildman–Crippen MR) is 61.0 cm³/mol. The number of rotatable bonds is 3. The zero-order valence-corrected chi connectivity index (χ0v) is 9.75. The van der Waals surface area contributed by atoms with E-state index < -0.39 is 0 Å². The molecule has 0 bridgehead atoms. The molecular formula is C13H22O. The molecule has 0 amide bonds. The van der Waals surface area contributed by atoms with Crippen LogP contribution < -0.4 is 0 Å². The van der Waals surface area contributed by atoms with Gasteiger partial charge < -0.3 is 5.11 Å². The highest BCUT2D eigenvalue weighted by Gasteiger charge is 2.39. The van der Waals surface area contributed by atoms with Crippen molar-refractivity contribution in [1.82, 2.24) is 0 Å². The molecule has 1 rings (SSSR count). The minimum absolute atomic E-state index is 0.219. The van der Waals surface area contributed by atoms with E-state index in [2.05, 4.69) is 45.1 Å². The van der Waals surface area contributed by atoms with E-state index in [1.807, 2.05) is 6.92 Å². The van der Waals surface area contributed by atoms with Crippen molar-refractivity contribution in [2.24, 2.45) is 16.7 Å². The Morgan fingerprint density at radius 1 is 1.43 bits per heavy atom. The molecule has 0 saturated carbocycles. The van der Waals surface area contributed by atoms with Crippen LogP contribution in [0.4, 0.5) is 0 Å². The predicted octanol–water partition coefficient (Wildman–Crippen LogP) is 3.16. The lowest BCUT2D eigenvalue weighted by molar-refractivity contribution is 0.226. The molecule has 1 aliphatic rings. The first-order valence-electron chi connectivity index (χ1n) is 5.39. The molecule has 0 heterocycles. The Morgan fingerprint density at radius 3 is 2.50 bits per heavy atom. The molecular weight excluding hydrogens is 172 g/mol. The van der Waals surface area contributed by atoms with Gasteiger partial charge in [0.2, 0.25) is 0 Å². The Kier molecular flexibility index (Phi) is 3.20. The summed E-state index contributed by atoms with van der Waals surface area (Å²) in [4.78, 5) is 0. The van der Waals surface area contributed by atoms with E-state index in [1.54, 1.807) is 0 Å². The van der Waals surface area contributed by atoms with Crippen molar-refractivity contribution in [3.05, 3.63) is 24.3 Å². The van der Waals surface area contributed by atoms with E-state index in [0.29, 0.717) is 0 Å². The first kappa shape index (κ1) is 11.5. The van der Waals surface area contributed by atoms with Gasteiger partial charge in [-0.15, -0.1) is 0 Å². The maximum Gasteiger partial charge on any atom is 0.0491 e. The van der Waals surface area contributed by atoms with Crippen molar-refractivity contribution in [3.8, 4) is 0 Å². The molecule has 14 heavy (non-hydrogen) atoms. The van der Waals surface area contributed by atoms with Crippen LogP contribution in [-0.4, -0.2) is 11.7 Å². The van der Waals surface area contributed by atoms with Crippen LogP contribution in [0, 0.1) is 16.7 Å². The third kappa shape index (κ3) is 2.09. The van der Waals surface area contributed by atoms with Crippen molar-refractivity contribution < 1.29 is 5.11 Å². The Balaban J connectivity index is 2.73. The van der Waals surface area contributed by atoms with Crippen LogP contribution in [0.25, 0.3) is 0 Å². The molecule has 2 atom stereocenters. The molecule has 1 N–H and O–H groups in total. The quantitative estimate of drug-likeness (QED) is 0.684. The summed E-state index contributed by atoms with van der Waals surface area (Å²) in [5.74, 6) is 0.267. The second kappa shape index (κ2) is 3.90. The maximum atomic E-state index is 8.96. The zero-order valence-electron chi connectivity index (χ0n) is 9.75. The van der Waals surface area contributed by atoms with E-state index in [9.17, 15) is 0 Å². The number of aliphatic hydroxyl groups is 1. The average Bonchev–Trinajstić information content (AvgIpc) is 2.38. The highest BCUT2D eigenvalue weighted by atomic mass is 16.3. The second-order valence-corrected chi connectivity index (χ2v) is 5.26. The first-order chi connectivity index (χ1) is 6.41. The molecule has 1 nitrogen and oxygen atoms in total. The topological polar surface area (TPSA) is 20.2 Å². The SMILES string of the molecule is CC(C=CC1(C)CC=CC1(C)C)CO. The van der Waals surface area contributed by atoms with Crippen LogP contribution in [-0.2, 0) is 0 Å². The van der Waals surface area contributed by atoms with Gasteiger partial charge in [-0.2, -0.15) is 0 Å². The van der Waals surface area contributed by atoms with Gasteiger partial charge >= 0.3 is 0 Å². The lowest BCUT2D eigenvalue weighted by atomic mass is 9.68. The van der Waals surface area contributed by atoms with Gasteiger partial charge in [0, 0.05) is 6.61 Å². The summed E-state index contributed by atoms with van der Waals surface area (Å²) in [7, 11) is 0. The summed E-state index contributed by atoms with van der Waals surface area (Å²) in [5.41, 5.74) is 0.453. The maximum absolute atomic E-state index is 8.96. The minimum Gasteiger partial charge on any atom is -0.396 e. The molecule has 1 heteroatoms. The highest BCUT2D eigenvalue weighted by Crippen LogP contribution is 2.48. The number of aliphatic hydroxyl groups excluding tert-OH is 1. The van der Waals surface area contributed by atoms with E-state index in [0.717, 1.165) is 6.42 Å². The van der Waals surface area contributed by atoms with Gasteiger partial charge in [0.1, 0.15) is 0 Å². The summed E-state index contributed by atoms with van der Waals surface area (Å²) in [6, 6.07) is 0. The molecule has 2 unspecified atom stereocenters. The van der Waals surface area contributed by atoms with Crippen molar-refractivity contribution in [2.45, 2.75) is 34.1 Å². The fourth-order valence-corrected chi connectivity index (χ4v) is 1.77. The standard InChI is InChI=1S/C13H22O/c1-11(10-14)6-9-13(4)8-5-7-12(13,2)3/h5-7,9,11,14H,8,10H2,1-4H3. The number of hydrogen-bond donors (Lipinski definition) is 1. The third-order valence-electron chi connectivity index (χ3n) is 3.63. The smallest absolute Gasteiger partial charge is 0.0491 e. The van der Waals surface area contributed by atoms with Crippen LogP contribution in [0.1, 0.15) is 34.1 Å². The van der Waals surface area contributed by atoms with Gasteiger partial charge in [0.25, 0.3) is 0 Å². The van der Waals surface area contributed by atoms with E-state index in [4.69, 9.17) is 5.11 Å². The van der Waals surface area contributed by atoms with Crippen molar-refractivity contribution in [3.63, 3.8) is 0 Å². The highest BCUT2D eigenvalue weighted by molar-refractivity contribution is 5.20. The van der Waals surface area contributed by atoms with Crippen LogP contribution in [0.3, 0.4) is 0 Å². The summed E-state index contributed by atoms with van der Waals surface area (Å²) >= 11 is 0. The molecule has 0 saturated heterocycles. The third-order valence-corrected chi connectivity index (χ3v) is 3.63. The van der Waals surface area contributed by atoms with Gasteiger partial charge in [-0.1, -0.05) is 52.0 Å². The minimum atomic E-state index is 0.219. The Labute approximate surface area is 87.5 Å². The van der Waals surface area contributed by atoms with Crippen LogP contribution in [0.2, 0.25) is 0 Å². The normalized spacial score (nSPS) is 32.6. The van der Waals surface area contributed by atoms with E-state index in [-0.39, 0.29) is 23.4 Å². The first-order valence-corrected chi connectivity index (χ1v) is 5.39. The van der Waals surface area contributed by atoms with Gasteiger partial charge in [-0.3, -0.25) is 0 Å². The van der Waals surface area contributed by atoms with Crippen molar-refractivity contribution >= 4 is 0 Å². The number of hydrogen-bond acceptors (Lipinski definition) is 1. The largest absolute Gasteiger partial charge is 0.396 e. The molecule has 0 aliphatic heterocycles. The Hall–Kier alpha value is -0.560. The Bertz CT molecular complexity index is 250. The van der Waals surface area contributed by atoms with Crippen LogP contribution >= 0.6 is 0 Å². The summed E-state index contributed by atoms with van der Waals surface area (Å²) in [5, 5.41) is 8.96. The van der Waals surface area contributed by atoms with E-state index >= 15 is 0 Å². The van der Waals surface area contributed by atoms with Gasteiger partial charge in [-0.05, 0) is 23.2 Å². The zero-order chi connectivity index (χ0) is 10.8. The molecule has 1 aliphatic carbocycles. The molecule has 0 radical (unpaired) electrons. The fourth-order valence-electron chi connectivity index (χ4n) is 1.77. The summed E-state index contributed by atoms with van der Waals surface area (Å²) in [6.45, 7) is 9.10. The monoisotopic (exact) mass is 194 g/mol.